The molecule has 4 rings (SSSR count). The molecule has 0 spiro atoms. The number of rotatable bonds is 4. The molecule has 0 aliphatic carbocycles. The van der Waals surface area contributed by atoms with E-state index >= 15 is 0 Å². The fraction of sp³-hybridized carbons (Fsp3) is 0.158. The number of nitrogens with zero attached hydrogens (tertiary/aromatic N) is 3. The summed E-state index contributed by atoms with van der Waals surface area (Å²) in [6, 6.07) is 17.6. The van der Waals surface area contributed by atoms with Crippen molar-refractivity contribution in [1.29, 1.82) is 0 Å². The topological polar surface area (TPSA) is 64.1 Å². The molecule has 120 valence electrons. The van der Waals surface area contributed by atoms with Crippen molar-refractivity contribution in [2.75, 3.05) is 0 Å². The zero-order valence-electron chi connectivity index (χ0n) is 13.3. The van der Waals surface area contributed by atoms with Crippen LogP contribution in [0.3, 0.4) is 0 Å². The number of oxazole rings is 1. The van der Waals surface area contributed by atoms with Crippen LogP contribution in [0.4, 0.5) is 0 Å². The van der Waals surface area contributed by atoms with Gasteiger partial charge in [0.2, 0.25) is 5.89 Å². The summed E-state index contributed by atoms with van der Waals surface area (Å²) in [5.41, 5.74) is 3.56. The molecule has 0 saturated carbocycles. The van der Waals surface area contributed by atoms with Crippen molar-refractivity contribution in [3.8, 4) is 11.5 Å². The van der Waals surface area contributed by atoms with E-state index in [2.05, 4.69) is 9.97 Å². The van der Waals surface area contributed by atoms with Gasteiger partial charge in [0.15, 0.2) is 0 Å². The normalized spacial score (nSPS) is 12.6. The highest BCUT2D eigenvalue weighted by molar-refractivity contribution is 5.76. The summed E-state index contributed by atoms with van der Waals surface area (Å²) >= 11 is 0. The minimum atomic E-state index is -0.655. The maximum absolute atomic E-state index is 10.0. The Labute approximate surface area is 139 Å². The van der Waals surface area contributed by atoms with Crippen LogP contribution in [0.25, 0.3) is 22.5 Å². The van der Waals surface area contributed by atoms with Gasteiger partial charge in [0, 0.05) is 5.56 Å². The van der Waals surface area contributed by atoms with E-state index in [-0.39, 0.29) is 0 Å². The third kappa shape index (κ3) is 2.59. The minimum absolute atomic E-state index is 0.497. The molecule has 5 nitrogen and oxygen atoms in total. The number of hydrogen-bond acceptors (Lipinski definition) is 4. The van der Waals surface area contributed by atoms with Crippen molar-refractivity contribution >= 4 is 11.0 Å². The molecule has 0 radical (unpaired) electrons. The Kier molecular flexibility index (Phi) is 3.63. The fourth-order valence-electron chi connectivity index (χ4n) is 2.83. The van der Waals surface area contributed by atoms with Crippen LogP contribution in [-0.2, 0) is 6.54 Å². The minimum Gasteiger partial charge on any atom is -0.444 e. The number of fused-ring (bicyclic) bond motifs is 1. The van der Waals surface area contributed by atoms with Gasteiger partial charge in [-0.15, -0.1) is 0 Å². The smallest absolute Gasteiger partial charge is 0.226 e. The Morgan fingerprint density at radius 1 is 1.04 bits per heavy atom. The molecule has 1 atom stereocenters. The first-order chi connectivity index (χ1) is 11.7. The first-order valence-corrected chi connectivity index (χ1v) is 7.85. The molecule has 2 aromatic carbocycles. The third-order valence-corrected chi connectivity index (χ3v) is 3.95. The highest BCUT2D eigenvalue weighted by Crippen LogP contribution is 2.23. The number of hydrogen-bond donors (Lipinski definition) is 1. The second-order valence-corrected chi connectivity index (χ2v) is 5.73. The standard InChI is InChI=1S/C19H17N3O2/c1-13(23)18-21-16-9-5-6-10-17(16)22(18)11-15-12-24-19(20-15)14-7-3-2-4-8-14/h2-10,12-13,23H,11H2,1H3. The number of aliphatic hydroxyl groups is 1. The van der Waals surface area contributed by atoms with Gasteiger partial charge >= 0.3 is 0 Å². The van der Waals surface area contributed by atoms with Gasteiger partial charge in [-0.1, -0.05) is 30.3 Å². The molecule has 4 aromatic rings. The molecule has 0 amide bonds. The van der Waals surface area contributed by atoms with Crippen molar-refractivity contribution < 1.29 is 9.52 Å². The lowest BCUT2D eigenvalue weighted by atomic mass is 10.2. The molecule has 0 aliphatic rings. The molecule has 0 saturated heterocycles. The summed E-state index contributed by atoms with van der Waals surface area (Å²) < 4.78 is 7.58. The first kappa shape index (κ1) is 14.7. The molecule has 5 heteroatoms. The Hall–Kier alpha value is -2.92. The Morgan fingerprint density at radius 3 is 2.58 bits per heavy atom. The van der Waals surface area contributed by atoms with E-state index in [0.29, 0.717) is 18.3 Å². The van der Waals surface area contributed by atoms with Crippen molar-refractivity contribution in [1.82, 2.24) is 14.5 Å². The Morgan fingerprint density at radius 2 is 1.79 bits per heavy atom. The van der Waals surface area contributed by atoms with E-state index in [0.717, 1.165) is 22.3 Å². The molecular weight excluding hydrogens is 302 g/mol. The number of aromatic nitrogens is 3. The van der Waals surface area contributed by atoms with E-state index in [9.17, 15) is 5.11 Å². The predicted molar refractivity (Wildman–Crippen MR) is 91.4 cm³/mol. The highest BCUT2D eigenvalue weighted by atomic mass is 16.3. The average Bonchev–Trinajstić information content (AvgIpc) is 3.21. The van der Waals surface area contributed by atoms with Gasteiger partial charge in [-0.2, -0.15) is 0 Å². The van der Waals surface area contributed by atoms with Crippen LogP contribution in [0.15, 0.2) is 65.3 Å². The fourth-order valence-corrected chi connectivity index (χ4v) is 2.83. The second-order valence-electron chi connectivity index (χ2n) is 5.73. The highest BCUT2D eigenvalue weighted by Gasteiger charge is 2.16. The maximum Gasteiger partial charge on any atom is 0.226 e. The molecule has 1 N–H and O–H groups in total. The summed E-state index contributed by atoms with van der Waals surface area (Å²) in [6.45, 7) is 2.22. The average molecular weight is 319 g/mol. The number of aliphatic hydroxyl groups excluding tert-OH is 1. The summed E-state index contributed by atoms with van der Waals surface area (Å²) in [4.78, 5) is 9.09. The van der Waals surface area contributed by atoms with Crippen LogP contribution < -0.4 is 0 Å². The van der Waals surface area contributed by atoms with Gasteiger partial charge in [0.1, 0.15) is 18.2 Å². The monoisotopic (exact) mass is 319 g/mol. The molecule has 2 aromatic heterocycles. The molecule has 0 fully saturated rings. The van der Waals surface area contributed by atoms with Crippen LogP contribution in [-0.4, -0.2) is 19.6 Å². The van der Waals surface area contributed by atoms with Crippen molar-refractivity contribution in [2.45, 2.75) is 19.6 Å². The lowest BCUT2D eigenvalue weighted by molar-refractivity contribution is 0.185. The van der Waals surface area contributed by atoms with Gasteiger partial charge in [0.05, 0.1) is 23.3 Å². The Bertz CT molecular complexity index is 971. The van der Waals surface area contributed by atoms with Crippen LogP contribution in [0, 0.1) is 0 Å². The number of imidazole rings is 1. The first-order valence-electron chi connectivity index (χ1n) is 7.85. The van der Waals surface area contributed by atoms with Crippen LogP contribution in [0.2, 0.25) is 0 Å². The second kappa shape index (κ2) is 5.94. The van der Waals surface area contributed by atoms with E-state index < -0.39 is 6.10 Å². The van der Waals surface area contributed by atoms with E-state index in [1.54, 1.807) is 13.2 Å². The molecule has 0 aliphatic heterocycles. The lowest BCUT2D eigenvalue weighted by Crippen LogP contribution is -2.08. The van der Waals surface area contributed by atoms with Gasteiger partial charge in [-0.05, 0) is 31.2 Å². The maximum atomic E-state index is 10.0. The summed E-state index contributed by atoms with van der Waals surface area (Å²) in [5.74, 6) is 1.22. The molecule has 24 heavy (non-hydrogen) atoms. The SMILES string of the molecule is CC(O)c1nc2ccccc2n1Cc1coc(-c2ccccc2)n1. The quantitative estimate of drug-likeness (QED) is 0.621. The molecule has 1 unspecified atom stereocenters. The Balaban J connectivity index is 1.72. The van der Waals surface area contributed by atoms with E-state index in [1.807, 2.05) is 59.2 Å². The molecule has 0 bridgehead atoms. The van der Waals surface area contributed by atoms with Crippen molar-refractivity contribution in [3.05, 3.63) is 72.4 Å². The van der Waals surface area contributed by atoms with Crippen molar-refractivity contribution in [2.24, 2.45) is 0 Å². The summed E-state index contributed by atoms with van der Waals surface area (Å²) in [7, 11) is 0. The largest absolute Gasteiger partial charge is 0.444 e. The molecular formula is C19H17N3O2. The van der Waals surface area contributed by atoms with Gasteiger partial charge in [-0.3, -0.25) is 0 Å². The predicted octanol–water partition coefficient (Wildman–Crippen LogP) is 3.79. The zero-order valence-corrected chi connectivity index (χ0v) is 13.3. The lowest BCUT2D eigenvalue weighted by Gasteiger charge is -2.09. The zero-order chi connectivity index (χ0) is 16.5. The van der Waals surface area contributed by atoms with Crippen LogP contribution >= 0.6 is 0 Å². The summed E-state index contributed by atoms with van der Waals surface area (Å²) in [5, 5.41) is 10.0. The van der Waals surface area contributed by atoms with Crippen LogP contribution in [0.5, 0.6) is 0 Å². The van der Waals surface area contributed by atoms with E-state index in [1.165, 1.54) is 0 Å². The number of para-hydroxylation sites is 2. The van der Waals surface area contributed by atoms with Crippen molar-refractivity contribution in [3.63, 3.8) is 0 Å². The van der Waals surface area contributed by atoms with E-state index in [4.69, 9.17) is 4.42 Å². The van der Waals surface area contributed by atoms with Gasteiger partial charge in [-0.25, -0.2) is 9.97 Å². The summed E-state index contributed by atoms with van der Waals surface area (Å²) in [6.07, 6.45) is 1.00. The third-order valence-electron chi connectivity index (χ3n) is 3.95. The number of benzene rings is 2. The van der Waals surface area contributed by atoms with Gasteiger partial charge in [0.25, 0.3) is 0 Å². The molecule has 2 heterocycles. The van der Waals surface area contributed by atoms with Crippen LogP contribution in [0.1, 0.15) is 24.5 Å². The van der Waals surface area contributed by atoms with Gasteiger partial charge < -0.3 is 14.1 Å².